The van der Waals surface area contributed by atoms with Crippen molar-refractivity contribution in [1.82, 2.24) is 15.1 Å². The Morgan fingerprint density at radius 2 is 2.43 bits per heavy atom. The minimum Gasteiger partial charge on any atom is -0.311 e. The van der Waals surface area contributed by atoms with Gasteiger partial charge in [0.1, 0.15) is 0 Å². The lowest BCUT2D eigenvalue weighted by Crippen LogP contribution is -2.31. The lowest BCUT2D eigenvalue weighted by molar-refractivity contribution is -0.119. The number of aromatic nitrogens is 2. The van der Waals surface area contributed by atoms with E-state index in [1.165, 1.54) is 0 Å². The first-order valence-electron chi connectivity index (χ1n) is 4.88. The van der Waals surface area contributed by atoms with Crippen LogP contribution in [-0.2, 0) is 17.8 Å². The van der Waals surface area contributed by atoms with E-state index in [-0.39, 0.29) is 11.8 Å². The van der Waals surface area contributed by atoms with Crippen molar-refractivity contribution in [3.63, 3.8) is 0 Å². The number of hydrogen-bond donors (Lipinski definition) is 1. The summed E-state index contributed by atoms with van der Waals surface area (Å²) in [7, 11) is 1.79. The maximum Gasteiger partial charge on any atom is 0.153 e. The van der Waals surface area contributed by atoms with Crippen LogP contribution in [0.25, 0.3) is 0 Å². The summed E-state index contributed by atoms with van der Waals surface area (Å²) in [6.45, 7) is 4.73. The smallest absolute Gasteiger partial charge is 0.153 e. The lowest BCUT2D eigenvalue weighted by Gasteiger charge is -2.06. The number of carbonyl (C=O) groups excluding carboxylic acids is 1. The molecule has 1 atom stereocenters. The van der Waals surface area contributed by atoms with Crippen LogP contribution in [0.15, 0.2) is 12.4 Å². The summed E-state index contributed by atoms with van der Waals surface area (Å²) in [6.07, 6.45) is 4.13. The van der Waals surface area contributed by atoms with Crippen molar-refractivity contribution in [2.45, 2.75) is 32.9 Å². The second-order valence-electron chi connectivity index (χ2n) is 3.36. The fourth-order valence-corrected chi connectivity index (χ4v) is 1.19. The van der Waals surface area contributed by atoms with E-state index in [9.17, 15) is 4.79 Å². The number of nitrogens with one attached hydrogen (secondary N) is 1. The normalized spacial score (nSPS) is 12.8. The molecule has 1 rings (SSSR count). The number of ketones is 1. The van der Waals surface area contributed by atoms with Crippen LogP contribution < -0.4 is 5.32 Å². The summed E-state index contributed by atoms with van der Waals surface area (Å²) in [4.78, 5) is 11.5. The number of rotatable bonds is 5. The maximum atomic E-state index is 11.5. The molecular weight excluding hydrogens is 178 g/mol. The van der Waals surface area contributed by atoms with Gasteiger partial charge in [-0.15, -0.1) is 0 Å². The number of Topliss-reactive ketones (excluding diaryl/α,β-unsaturated/α-hetero) is 1. The highest BCUT2D eigenvalue weighted by atomic mass is 16.1. The molecule has 14 heavy (non-hydrogen) atoms. The first-order valence-corrected chi connectivity index (χ1v) is 4.88. The summed E-state index contributed by atoms with van der Waals surface area (Å²) in [5, 5.41) is 7.05. The molecule has 0 radical (unpaired) electrons. The zero-order valence-corrected chi connectivity index (χ0v) is 8.95. The summed E-state index contributed by atoms with van der Waals surface area (Å²) >= 11 is 0. The van der Waals surface area contributed by atoms with E-state index in [0.717, 1.165) is 12.1 Å². The Bertz CT molecular complexity index is 306. The van der Waals surface area contributed by atoms with Gasteiger partial charge in [-0.1, -0.05) is 0 Å². The van der Waals surface area contributed by atoms with Crippen molar-refractivity contribution in [3.05, 3.63) is 18.0 Å². The number of carbonyl (C=O) groups is 1. The van der Waals surface area contributed by atoms with E-state index in [0.29, 0.717) is 6.42 Å². The molecular formula is C10H17N3O. The molecule has 1 heterocycles. The van der Waals surface area contributed by atoms with E-state index in [4.69, 9.17) is 0 Å². The van der Waals surface area contributed by atoms with Crippen molar-refractivity contribution in [3.8, 4) is 0 Å². The SMILES string of the molecule is CCn1cc(CC(=O)C(C)NC)cn1. The molecule has 78 valence electrons. The molecule has 1 aromatic heterocycles. The molecule has 1 N–H and O–H groups in total. The molecule has 0 saturated carbocycles. The third-order valence-corrected chi connectivity index (χ3v) is 2.31. The number of nitrogens with zero attached hydrogens (tertiary/aromatic N) is 2. The molecule has 1 unspecified atom stereocenters. The average molecular weight is 195 g/mol. The Morgan fingerprint density at radius 1 is 1.71 bits per heavy atom. The molecule has 1 aromatic rings. The number of likely N-dealkylation sites (N-methyl/N-ethyl adjacent to an activating group) is 1. The van der Waals surface area contributed by atoms with Gasteiger partial charge in [-0.3, -0.25) is 9.48 Å². The quantitative estimate of drug-likeness (QED) is 0.749. The van der Waals surface area contributed by atoms with Gasteiger partial charge in [0.2, 0.25) is 0 Å². The number of aryl methyl sites for hydroxylation is 1. The van der Waals surface area contributed by atoms with Gasteiger partial charge in [-0.2, -0.15) is 5.10 Å². The second-order valence-corrected chi connectivity index (χ2v) is 3.36. The minimum atomic E-state index is -0.0834. The standard InChI is InChI=1S/C10H17N3O/c1-4-13-7-9(6-12-13)5-10(14)8(2)11-3/h6-8,11H,4-5H2,1-3H3. The molecule has 0 aliphatic heterocycles. The molecule has 0 spiro atoms. The monoisotopic (exact) mass is 195 g/mol. The fraction of sp³-hybridized carbons (Fsp3) is 0.600. The van der Waals surface area contributed by atoms with Crippen LogP contribution in [-0.4, -0.2) is 28.7 Å². The van der Waals surface area contributed by atoms with Crippen LogP contribution in [0.3, 0.4) is 0 Å². The molecule has 0 saturated heterocycles. The third-order valence-electron chi connectivity index (χ3n) is 2.31. The second kappa shape index (κ2) is 4.91. The van der Waals surface area contributed by atoms with Crippen molar-refractivity contribution < 1.29 is 4.79 Å². The van der Waals surface area contributed by atoms with Gasteiger partial charge in [0, 0.05) is 19.2 Å². The maximum absolute atomic E-state index is 11.5. The predicted octanol–water partition coefficient (Wildman–Crippen LogP) is 0.622. The zero-order valence-electron chi connectivity index (χ0n) is 8.95. The predicted molar refractivity (Wildman–Crippen MR) is 55.1 cm³/mol. The topological polar surface area (TPSA) is 46.9 Å². The molecule has 0 aromatic carbocycles. The molecule has 0 aliphatic carbocycles. The van der Waals surface area contributed by atoms with Gasteiger partial charge in [0.15, 0.2) is 5.78 Å². The van der Waals surface area contributed by atoms with Crippen molar-refractivity contribution in [1.29, 1.82) is 0 Å². The van der Waals surface area contributed by atoms with Gasteiger partial charge in [-0.05, 0) is 26.5 Å². The minimum absolute atomic E-state index is 0.0834. The number of hydrogen-bond acceptors (Lipinski definition) is 3. The van der Waals surface area contributed by atoms with Gasteiger partial charge >= 0.3 is 0 Å². The van der Waals surface area contributed by atoms with Crippen LogP contribution in [0.1, 0.15) is 19.4 Å². The Labute approximate surface area is 84.3 Å². The first kappa shape index (κ1) is 10.9. The Balaban J connectivity index is 2.56. The summed E-state index contributed by atoms with van der Waals surface area (Å²) in [5.74, 6) is 0.197. The molecule has 0 bridgehead atoms. The van der Waals surface area contributed by atoms with Gasteiger partial charge in [0.25, 0.3) is 0 Å². The van der Waals surface area contributed by atoms with E-state index < -0.39 is 0 Å². The van der Waals surface area contributed by atoms with Crippen LogP contribution in [0.2, 0.25) is 0 Å². The average Bonchev–Trinajstić information content (AvgIpc) is 2.64. The zero-order chi connectivity index (χ0) is 10.6. The molecule has 4 heteroatoms. The third kappa shape index (κ3) is 2.67. The molecule has 4 nitrogen and oxygen atoms in total. The summed E-state index contributed by atoms with van der Waals surface area (Å²) < 4.78 is 1.83. The van der Waals surface area contributed by atoms with E-state index in [1.54, 1.807) is 13.2 Å². The Kier molecular flexibility index (Phi) is 3.83. The summed E-state index contributed by atoms with van der Waals surface area (Å²) in [6, 6.07) is -0.0834. The van der Waals surface area contributed by atoms with Crippen LogP contribution >= 0.6 is 0 Å². The largest absolute Gasteiger partial charge is 0.311 e. The summed E-state index contributed by atoms with van der Waals surface area (Å²) in [5.41, 5.74) is 0.985. The lowest BCUT2D eigenvalue weighted by atomic mass is 10.1. The molecule has 0 aliphatic rings. The highest BCUT2D eigenvalue weighted by molar-refractivity contribution is 5.85. The van der Waals surface area contributed by atoms with Crippen LogP contribution in [0, 0.1) is 0 Å². The fourth-order valence-electron chi connectivity index (χ4n) is 1.19. The Morgan fingerprint density at radius 3 is 2.93 bits per heavy atom. The van der Waals surface area contributed by atoms with E-state index in [1.807, 2.05) is 24.7 Å². The first-order chi connectivity index (χ1) is 6.67. The van der Waals surface area contributed by atoms with Crippen molar-refractivity contribution in [2.24, 2.45) is 0 Å². The van der Waals surface area contributed by atoms with Gasteiger partial charge in [0.05, 0.1) is 12.2 Å². The van der Waals surface area contributed by atoms with E-state index >= 15 is 0 Å². The highest BCUT2D eigenvalue weighted by Gasteiger charge is 2.11. The van der Waals surface area contributed by atoms with Gasteiger partial charge in [-0.25, -0.2) is 0 Å². The van der Waals surface area contributed by atoms with Crippen molar-refractivity contribution in [2.75, 3.05) is 7.05 Å². The highest BCUT2D eigenvalue weighted by Crippen LogP contribution is 2.01. The Hall–Kier alpha value is -1.16. The van der Waals surface area contributed by atoms with Crippen LogP contribution in [0.5, 0.6) is 0 Å². The van der Waals surface area contributed by atoms with Crippen LogP contribution in [0.4, 0.5) is 0 Å². The van der Waals surface area contributed by atoms with Gasteiger partial charge < -0.3 is 5.32 Å². The van der Waals surface area contributed by atoms with E-state index in [2.05, 4.69) is 10.4 Å². The molecule has 0 fully saturated rings. The molecule has 0 amide bonds. The van der Waals surface area contributed by atoms with Crippen molar-refractivity contribution >= 4 is 5.78 Å².